The minimum absolute atomic E-state index is 0.0356. The Kier molecular flexibility index (Phi) is 4.06. The van der Waals surface area contributed by atoms with Gasteiger partial charge in [0.1, 0.15) is 5.04 Å². The lowest BCUT2D eigenvalue weighted by Crippen LogP contribution is -2.30. The number of anilines is 1. The number of aromatic nitrogens is 2. The highest BCUT2D eigenvalue weighted by molar-refractivity contribution is 8.14. The molecule has 22 heavy (non-hydrogen) atoms. The van der Waals surface area contributed by atoms with Crippen LogP contribution in [0.2, 0.25) is 0 Å². The lowest BCUT2D eigenvalue weighted by molar-refractivity contribution is 0.102. The summed E-state index contributed by atoms with van der Waals surface area (Å²) in [6.45, 7) is 2.09. The van der Waals surface area contributed by atoms with Crippen LogP contribution in [0.1, 0.15) is 16.1 Å². The number of ketones is 1. The summed E-state index contributed by atoms with van der Waals surface area (Å²) in [4.78, 5) is 28.2. The summed E-state index contributed by atoms with van der Waals surface area (Å²) in [6.07, 6.45) is 0. The molecule has 0 aliphatic carbocycles. The van der Waals surface area contributed by atoms with Crippen LogP contribution in [-0.4, -0.2) is 26.1 Å². The van der Waals surface area contributed by atoms with Gasteiger partial charge in [-0.3, -0.25) is 14.2 Å². The van der Waals surface area contributed by atoms with Crippen molar-refractivity contribution in [3.8, 4) is 0 Å². The molecule has 0 unspecified atom stereocenters. The average molecular weight is 314 g/mol. The third-order valence-electron chi connectivity index (χ3n) is 3.18. The van der Waals surface area contributed by atoms with E-state index in [1.165, 1.54) is 22.4 Å². The molecule has 7 heteroatoms. The SMILES string of the molecule is Cc1cc(=O)n2c(n1)NN=C(SCC(=O)c1ccccc1)C2. The Bertz CT molecular complexity index is 799. The Balaban J connectivity index is 1.67. The quantitative estimate of drug-likeness (QED) is 0.876. The van der Waals surface area contributed by atoms with E-state index in [1.54, 1.807) is 19.1 Å². The molecule has 1 aromatic carbocycles. The molecule has 0 saturated carbocycles. The van der Waals surface area contributed by atoms with Crippen molar-refractivity contribution in [1.82, 2.24) is 9.55 Å². The Morgan fingerprint density at radius 3 is 2.91 bits per heavy atom. The van der Waals surface area contributed by atoms with E-state index >= 15 is 0 Å². The Morgan fingerprint density at radius 1 is 1.36 bits per heavy atom. The van der Waals surface area contributed by atoms with Gasteiger partial charge in [0.15, 0.2) is 5.78 Å². The van der Waals surface area contributed by atoms with Gasteiger partial charge in [-0.1, -0.05) is 42.1 Å². The summed E-state index contributed by atoms with van der Waals surface area (Å²) in [7, 11) is 0. The van der Waals surface area contributed by atoms with Gasteiger partial charge >= 0.3 is 0 Å². The van der Waals surface area contributed by atoms with E-state index < -0.39 is 0 Å². The minimum atomic E-state index is -0.127. The number of hydrazone groups is 1. The van der Waals surface area contributed by atoms with E-state index in [1.807, 2.05) is 18.2 Å². The molecule has 0 spiro atoms. The lowest BCUT2D eigenvalue weighted by atomic mass is 10.2. The van der Waals surface area contributed by atoms with Crippen LogP contribution < -0.4 is 11.0 Å². The van der Waals surface area contributed by atoms with Crippen LogP contribution in [-0.2, 0) is 6.54 Å². The predicted molar refractivity (Wildman–Crippen MR) is 87.5 cm³/mol. The van der Waals surface area contributed by atoms with Crippen molar-refractivity contribution in [3.63, 3.8) is 0 Å². The van der Waals surface area contributed by atoms with Crippen LogP contribution in [0.15, 0.2) is 46.3 Å². The molecule has 2 aromatic rings. The number of aryl methyl sites for hydroxylation is 1. The second-order valence-corrected chi connectivity index (χ2v) is 5.89. The molecule has 0 radical (unpaired) electrons. The highest BCUT2D eigenvalue weighted by Gasteiger charge is 2.16. The van der Waals surface area contributed by atoms with Crippen molar-refractivity contribution in [3.05, 3.63) is 58.0 Å². The van der Waals surface area contributed by atoms with Crippen molar-refractivity contribution < 1.29 is 4.79 Å². The largest absolute Gasteiger partial charge is 0.293 e. The summed E-state index contributed by atoms with van der Waals surface area (Å²) in [5.41, 5.74) is 3.96. The van der Waals surface area contributed by atoms with Gasteiger partial charge in [0, 0.05) is 17.3 Å². The molecule has 1 aliphatic heterocycles. The maximum atomic E-state index is 12.1. The van der Waals surface area contributed by atoms with Gasteiger partial charge in [-0.05, 0) is 6.92 Å². The monoisotopic (exact) mass is 314 g/mol. The first-order valence-electron chi connectivity index (χ1n) is 6.75. The first-order valence-corrected chi connectivity index (χ1v) is 7.74. The van der Waals surface area contributed by atoms with Gasteiger partial charge in [-0.2, -0.15) is 5.10 Å². The number of fused-ring (bicyclic) bond motifs is 1. The molecule has 0 saturated heterocycles. The van der Waals surface area contributed by atoms with Gasteiger partial charge in [0.05, 0.1) is 12.3 Å². The van der Waals surface area contributed by atoms with Gasteiger partial charge in [-0.25, -0.2) is 10.4 Å². The Labute approximate surface area is 131 Å². The third kappa shape index (κ3) is 3.09. The van der Waals surface area contributed by atoms with E-state index in [-0.39, 0.29) is 17.1 Å². The first-order chi connectivity index (χ1) is 10.6. The molecule has 6 nitrogen and oxygen atoms in total. The second-order valence-electron chi connectivity index (χ2n) is 4.84. The molecule has 1 N–H and O–H groups in total. The molecule has 1 aromatic heterocycles. The zero-order valence-corrected chi connectivity index (χ0v) is 12.8. The molecule has 3 rings (SSSR count). The van der Waals surface area contributed by atoms with Crippen molar-refractivity contribution in [1.29, 1.82) is 0 Å². The minimum Gasteiger partial charge on any atom is -0.293 e. The molecule has 1 aliphatic rings. The number of nitrogens with zero attached hydrogens (tertiary/aromatic N) is 3. The molecule has 0 bridgehead atoms. The number of benzene rings is 1. The maximum absolute atomic E-state index is 12.1. The summed E-state index contributed by atoms with van der Waals surface area (Å²) in [5, 5.41) is 4.86. The van der Waals surface area contributed by atoms with Crippen molar-refractivity contribution in [2.24, 2.45) is 5.10 Å². The van der Waals surface area contributed by atoms with Crippen LogP contribution in [0.25, 0.3) is 0 Å². The number of thioether (sulfide) groups is 1. The molecule has 0 fully saturated rings. The smallest absolute Gasteiger partial charge is 0.255 e. The summed E-state index contributed by atoms with van der Waals surface area (Å²) < 4.78 is 1.51. The van der Waals surface area contributed by atoms with Crippen LogP contribution >= 0.6 is 11.8 Å². The van der Waals surface area contributed by atoms with E-state index in [4.69, 9.17) is 0 Å². The van der Waals surface area contributed by atoms with Crippen LogP contribution in [0.4, 0.5) is 5.95 Å². The van der Waals surface area contributed by atoms with Gasteiger partial charge in [0.2, 0.25) is 5.95 Å². The zero-order valence-electron chi connectivity index (χ0n) is 11.9. The van der Waals surface area contributed by atoms with Gasteiger partial charge in [0.25, 0.3) is 5.56 Å². The van der Waals surface area contributed by atoms with Crippen LogP contribution in [0.3, 0.4) is 0 Å². The van der Waals surface area contributed by atoms with E-state index in [0.717, 1.165) is 0 Å². The van der Waals surface area contributed by atoms with Crippen molar-refractivity contribution >= 4 is 28.5 Å². The Hall–Kier alpha value is -2.41. The van der Waals surface area contributed by atoms with E-state index in [9.17, 15) is 9.59 Å². The lowest BCUT2D eigenvalue weighted by Gasteiger charge is -2.17. The number of nitrogens with one attached hydrogen (secondary N) is 1. The highest BCUT2D eigenvalue weighted by atomic mass is 32.2. The molecule has 2 heterocycles. The third-order valence-corrected chi connectivity index (χ3v) is 4.14. The normalized spacial score (nSPS) is 13.0. The molecular weight excluding hydrogens is 300 g/mol. The summed E-state index contributed by atoms with van der Waals surface area (Å²) in [5.74, 6) is 0.755. The van der Waals surface area contributed by atoms with E-state index in [2.05, 4.69) is 15.5 Å². The van der Waals surface area contributed by atoms with E-state index in [0.29, 0.717) is 28.8 Å². The standard InChI is InChI=1S/C15H14N4O2S/c1-10-7-14(21)19-8-13(17-18-15(19)16-10)22-9-12(20)11-5-3-2-4-6-11/h2-7H,8-9H2,1H3,(H,16,18). The van der Waals surface area contributed by atoms with Gasteiger partial charge < -0.3 is 0 Å². The summed E-state index contributed by atoms with van der Waals surface area (Å²) >= 11 is 1.33. The number of rotatable bonds is 3. The number of hydrogen-bond acceptors (Lipinski definition) is 6. The highest BCUT2D eigenvalue weighted by Crippen LogP contribution is 2.16. The topological polar surface area (TPSA) is 76.3 Å². The fourth-order valence-electron chi connectivity index (χ4n) is 2.08. The number of carbonyl (C=O) groups excluding carboxylic acids is 1. The molecule has 0 amide bonds. The zero-order chi connectivity index (χ0) is 15.5. The molecule has 0 atom stereocenters. The fourth-order valence-corrected chi connectivity index (χ4v) is 2.87. The molecule has 112 valence electrons. The first kappa shape index (κ1) is 14.5. The summed E-state index contributed by atoms with van der Waals surface area (Å²) in [6, 6.07) is 10.6. The predicted octanol–water partition coefficient (Wildman–Crippen LogP) is 1.91. The van der Waals surface area contributed by atoms with Crippen LogP contribution in [0.5, 0.6) is 0 Å². The number of hydrogen-bond donors (Lipinski definition) is 1. The van der Waals surface area contributed by atoms with Crippen LogP contribution in [0, 0.1) is 6.92 Å². The Morgan fingerprint density at radius 2 is 2.14 bits per heavy atom. The maximum Gasteiger partial charge on any atom is 0.255 e. The number of Topliss-reactive ketones (excluding diaryl/α,β-unsaturated/α-hetero) is 1. The van der Waals surface area contributed by atoms with Crippen molar-refractivity contribution in [2.45, 2.75) is 13.5 Å². The fraction of sp³-hybridized carbons (Fsp3) is 0.200. The van der Waals surface area contributed by atoms with Gasteiger partial charge in [-0.15, -0.1) is 0 Å². The number of carbonyl (C=O) groups is 1. The average Bonchev–Trinajstić information content (AvgIpc) is 2.53. The molecular formula is C15H14N4O2S. The van der Waals surface area contributed by atoms with Crippen molar-refractivity contribution in [2.75, 3.05) is 11.2 Å². The second kappa shape index (κ2) is 6.15.